The van der Waals surface area contributed by atoms with Crippen molar-refractivity contribution in [3.8, 4) is 11.5 Å². The summed E-state index contributed by atoms with van der Waals surface area (Å²) in [5, 5.41) is 22.4. The van der Waals surface area contributed by atoms with Crippen molar-refractivity contribution in [3.63, 3.8) is 0 Å². The number of aryl methyl sites for hydroxylation is 1. The van der Waals surface area contributed by atoms with E-state index in [-0.39, 0.29) is 0 Å². The van der Waals surface area contributed by atoms with Crippen LogP contribution in [-0.4, -0.2) is 34.7 Å². The zero-order chi connectivity index (χ0) is 31.4. The summed E-state index contributed by atoms with van der Waals surface area (Å²) in [6.45, 7) is 1.46. The smallest absolute Gasteiger partial charge is 0.335 e. The molecule has 1 aliphatic rings. The minimum Gasteiger partial charge on any atom is -0.489 e. The predicted octanol–water partition coefficient (Wildman–Crippen LogP) is 7.42. The van der Waals surface area contributed by atoms with Crippen molar-refractivity contribution in [2.45, 2.75) is 70.1 Å². The number of para-hydroxylation sites is 1. The summed E-state index contributed by atoms with van der Waals surface area (Å²) >= 11 is 0. The van der Waals surface area contributed by atoms with E-state index in [0.717, 1.165) is 65.9 Å². The molecule has 7 heteroatoms. The lowest BCUT2D eigenvalue weighted by Gasteiger charge is -2.26. The van der Waals surface area contributed by atoms with E-state index in [4.69, 9.17) is 9.47 Å². The maximum absolute atomic E-state index is 12.0. The Labute approximate surface area is 264 Å². The molecule has 45 heavy (non-hydrogen) atoms. The highest BCUT2D eigenvalue weighted by molar-refractivity contribution is 5.88. The van der Waals surface area contributed by atoms with Gasteiger partial charge in [-0.15, -0.1) is 0 Å². The highest BCUT2D eigenvalue weighted by Crippen LogP contribution is 2.35. The van der Waals surface area contributed by atoms with Gasteiger partial charge < -0.3 is 25.0 Å². The van der Waals surface area contributed by atoms with Crippen LogP contribution in [0, 0.1) is 0 Å². The molecule has 4 aromatic rings. The molecular weight excluding hydrogens is 566 g/mol. The quantitative estimate of drug-likeness (QED) is 0.122. The van der Waals surface area contributed by atoms with Crippen molar-refractivity contribution in [2.24, 2.45) is 0 Å². The molecule has 0 heterocycles. The Hall–Kier alpha value is -4.62. The molecule has 0 aliphatic heterocycles. The second-order valence-electron chi connectivity index (χ2n) is 11.6. The van der Waals surface area contributed by atoms with Gasteiger partial charge in [0.05, 0.1) is 5.56 Å². The number of benzene rings is 4. The minimum absolute atomic E-state index is 0.329. The fraction of sp³-hybridized carbons (Fsp3) is 0.316. The van der Waals surface area contributed by atoms with Crippen LogP contribution in [0.3, 0.4) is 0 Å². The van der Waals surface area contributed by atoms with E-state index in [2.05, 4.69) is 5.32 Å². The van der Waals surface area contributed by atoms with E-state index in [1.54, 1.807) is 12.1 Å². The van der Waals surface area contributed by atoms with Crippen molar-refractivity contribution >= 4 is 11.9 Å². The molecule has 5 rings (SSSR count). The van der Waals surface area contributed by atoms with E-state index in [0.29, 0.717) is 44.1 Å². The van der Waals surface area contributed by atoms with Gasteiger partial charge in [-0.3, -0.25) is 4.79 Å². The van der Waals surface area contributed by atoms with Crippen molar-refractivity contribution in [1.29, 1.82) is 0 Å². The summed E-state index contributed by atoms with van der Waals surface area (Å²) in [5.74, 6) is 0.191. The number of nitrogens with one attached hydrogen (secondary N) is 1. The van der Waals surface area contributed by atoms with Gasteiger partial charge in [0.25, 0.3) is 0 Å². The number of ether oxygens (including phenoxy) is 2. The lowest BCUT2D eigenvalue weighted by Crippen LogP contribution is -2.37. The van der Waals surface area contributed by atoms with Crippen LogP contribution in [0.25, 0.3) is 0 Å². The van der Waals surface area contributed by atoms with E-state index in [1.807, 2.05) is 84.9 Å². The standard InChI is InChI=1S/C38H41NO6/c40-37(41)32-18-21-34-29(11-6-13-31(34)24-32)12-7-14-35(38(42)43)39-23-22-30-10-4-5-15-36(30)45-26-28-16-19-33(20-17-28)44-25-27-8-2-1-3-9-27/h1-5,8-10,15-21,24,29,35,39H,6-7,11-14,22-23,25-26H2,(H,40,41)(H,42,43). The zero-order valence-electron chi connectivity index (χ0n) is 25.5. The number of aliphatic carboxylic acids is 1. The Kier molecular flexibility index (Phi) is 11.2. The topological polar surface area (TPSA) is 105 Å². The van der Waals surface area contributed by atoms with Gasteiger partial charge in [0, 0.05) is 6.54 Å². The molecular formula is C38H41NO6. The normalized spacial score (nSPS) is 14.7. The largest absolute Gasteiger partial charge is 0.489 e. The summed E-state index contributed by atoms with van der Waals surface area (Å²) in [4.78, 5) is 23.4. The third kappa shape index (κ3) is 9.19. The number of carboxylic acid groups (broad SMARTS) is 2. The van der Waals surface area contributed by atoms with Crippen molar-refractivity contribution in [3.05, 3.63) is 130 Å². The van der Waals surface area contributed by atoms with Crippen LogP contribution in [0.1, 0.15) is 76.2 Å². The van der Waals surface area contributed by atoms with Gasteiger partial charge in [0.2, 0.25) is 0 Å². The maximum atomic E-state index is 12.0. The number of carbonyl (C=O) groups is 2. The van der Waals surface area contributed by atoms with Crippen LogP contribution in [0.2, 0.25) is 0 Å². The van der Waals surface area contributed by atoms with Gasteiger partial charge in [-0.2, -0.15) is 0 Å². The second kappa shape index (κ2) is 15.9. The van der Waals surface area contributed by atoms with Crippen molar-refractivity contribution < 1.29 is 29.3 Å². The molecule has 4 aromatic carbocycles. The lowest BCUT2D eigenvalue weighted by molar-refractivity contribution is -0.139. The van der Waals surface area contributed by atoms with Gasteiger partial charge in [-0.1, -0.05) is 73.2 Å². The van der Waals surface area contributed by atoms with Gasteiger partial charge in [-0.05, 0) is 103 Å². The Morgan fingerprint density at radius 1 is 0.844 bits per heavy atom. The zero-order valence-corrected chi connectivity index (χ0v) is 25.5. The monoisotopic (exact) mass is 607 g/mol. The summed E-state index contributed by atoms with van der Waals surface area (Å²) in [6.07, 6.45) is 5.83. The molecule has 0 saturated heterocycles. The first-order chi connectivity index (χ1) is 22.0. The lowest BCUT2D eigenvalue weighted by atomic mass is 9.79. The Morgan fingerprint density at radius 3 is 2.36 bits per heavy atom. The molecule has 2 unspecified atom stereocenters. The number of carboxylic acids is 2. The third-order valence-corrected chi connectivity index (χ3v) is 8.50. The van der Waals surface area contributed by atoms with E-state index in [9.17, 15) is 19.8 Å². The Balaban J connectivity index is 1.07. The molecule has 0 spiro atoms. The predicted molar refractivity (Wildman–Crippen MR) is 174 cm³/mol. The molecule has 234 valence electrons. The average Bonchev–Trinajstić information content (AvgIpc) is 3.06. The average molecular weight is 608 g/mol. The first-order valence-electron chi connectivity index (χ1n) is 15.7. The third-order valence-electron chi connectivity index (χ3n) is 8.50. The molecule has 1 aliphatic carbocycles. The second-order valence-corrected chi connectivity index (χ2v) is 11.6. The summed E-state index contributed by atoms with van der Waals surface area (Å²) in [6, 6.07) is 30.6. The highest BCUT2D eigenvalue weighted by Gasteiger charge is 2.23. The van der Waals surface area contributed by atoms with Crippen LogP contribution in [0.15, 0.2) is 97.1 Å². The molecule has 0 fully saturated rings. The maximum Gasteiger partial charge on any atom is 0.335 e. The number of hydrogen-bond acceptors (Lipinski definition) is 5. The Morgan fingerprint density at radius 2 is 1.58 bits per heavy atom. The number of fused-ring (bicyclic) bond motifs is 1. The molecule has 2 atom stereocenters. The number of rotatable bonds is 16. The molecule has 0 bridgehead atoms. The SMILES string of the molecule is O=C(O)c1ccc2c(c1)CCCC2CCCC(NCCc1ccccc1OCc1ccc(OCc2ccccc2)cc1)C(=O)O. The number of hydrogen-bond donors (Lipinski definition) is 3. The van der Waals surface area contributed by atoms with Crippen molar-refractivity contribution in [1.82, 2.24) is 5.32 Å². The fourth-order valence-corrected chi connectivity index (χ4v) is 6.05. The summed E-state index contributed by atoms with van der Waals surface area (Å²) in [5.41, 5.74) is 5.84. The van der Waals surface area contributed by atoms with E-state index in [1.165, 1.54) is 5.56 Å². The van der Waals surface area contributed by atoms with Crippen molar-refractivity contribution in [2.75, 3.05) is 6.54 Å². The van der Waals surface area contributed by atoms with Gasteiger partial charge in [0.15, 0.2) is 0 Å². The first kappa shape index (κ1) is 31.8. The van der Waals surface area contributed by atoms with Crippen LogP contribution in [0.4, 0.5) is 0 Å². The van der Waals surface area contributed by atoms with E-state index >= 15 is 0 Å². The highest BCUT2D eigenvalue weighted by atomic mass is 16.5. The van der Waals surface area contributed by atoms with Crippen LogP contribution >= 0.6 is 0 Å². The van der Waals surface area contributed by atoms with Crippen LogP contribution in [-0.2, 0) is 30.8 Å². The molecule has 0 radical (unpaired) electrons. The molecule has 0 aromatic heterocycles. The van der Waals surface area contributed by atoms with E-state index < -0.39 is 18.0 Å². The van der Waals surface area contributed by atoms with Gasteiger partial charge in [-0.25, -0.2) is 4.79 Å². The summed E-state index contributed by atoms with van der Waals surface area (Å²) < 4.78 is 12.0. The van der Waals surface area contributed by atoms with Crippen LogP contribution in [0.5, 0.6) is 11.5 Å². The summed E-state index contributed by atoms with van der Waals surface area (Å²) in [7, 11) is 0. The Bertz CT molecular complexity index is 1550. The molecule has 0 saturated carbocycles. The van der Waals surface area contributed by atoms with Gasteiger partial charge >= 0.3 is 11.9 Å². The minimum atomic E-state index is -0.903. The fourth-order valence-electron chi connectivity index (χ4n) is 6.05. The molecule has 7 nitrogen and oxygen atoms in total. The number of aromatic carboxylic acids is 1. The van der Waals surface area contributed by atoms with Crippen LogP contribution < -0.4 is 14.8 Å². The molecule has 0 amide bonds. The first-order valence-corrected chi connectivity index (χ1v) is 15.7. The molecule has 3 N–H and O–H groups in total. The van der Waals surface area contributed by atoms with Gasteiger partial charge in [0.1, 0.15) is 30.8 Å².